The van der Waals surface area contributed by atoms with Gasteiger partial charge in [-0.05, 0) is 17.7 Å². The van der Waals surface area contributed by atoms with Crippen LogP contribution in [-0.4, -0.2) is 6.72 Å². The molecule has 1 aromatic carbocycles. The van der Waals surface area contributed by atoms with E-state index in [0.717, 1.165) is 12.1 Å². The zero-order valence-electron chi connectivity index (χ0n) is 7.30. The zero-order chi connectivity index (χ0) is 10.6. The van der Waals surface area contributed by atoms with Gasteiger partial charge < -0.3 is 5.43 Å². The summed E-state index contributed by atoms with van der Waals surface area (Å²) in [5.41, 5.74) is 2.36. The quantitative estimate of drug-likeness (QED) is 0.590. The number of halogens is 3. The van der Waals surface area contributed by atoms with Gasteiger partial charge in [0.25, 0.3) is 0 Å². The third-order valence-corrected chi connectivity index (χ3v) is 1.65. The highest BCUT2D eigenvalue weighted by Crippen LogP contribution is 2.29. The van der Waals surface area contributed by atoms with Crippen molar-refractivity contribution in [2.45, 2.75) is 12.7 Å². The number of alkyl halides is 3. The van der Waals surface area contributed by atoms with E-state index in [2.05, 4.69) is 17.2 Å². The number of hydrazone groups is 1. The van der Waals surface area contributed by atoms with Crippen LogP contribution < -0.4 is 5.43 Å². The van der Waals surface area contributed by atoms with Gasteiger partial charge in [0.15, 0.2) is 0 Å². The Bertz CT molecular complexity index is 320. The van der Waals surface area contributed by atoms with E-state index < -0.39 is 11.7 Å². The maximum atomic E-state index is 12.2. The Morgan fingerprint density at radius 1 is 1.36 bits per heavy atom. The molecule has 1 rings (SSSR count). The van der Waals surface area contributed by atoms with Gasteiger partial charge in [0, 0.05) is 6.72 Å². The smallest absolute Gasteiger partial charge is 0.306 e. The molecule has 5 heteroatoms. The molecule has 14 heavy (non-hydrogen) atoms. The fourth-order valence-electron chi connectivity index (χ4n) is 1.00. The predicted octanol–water partition coefficient (Wildman–Crippen LogP) is 2.41. The fourth-order valence-corrected chi connectivity index (χ4v) is 1.00. The van der Waals surface area contributed by atoms with Crippen molar-refractivity contribution in [1.82, 2.24) is 5.43 Å². The summed E-state index contributed by atoms with van der Waals surface area (Å²) in [5.74, 6) is 0. The van der Waals surface area contributed by atoms with Gasteiger partial charge in [-0.2, -0.15) is 18.3 Å². The van der Waals surface area contributed by atoms with Crippen LogP contribution >= 0.6 is 0 Å². The van der Waals surface area contributed by atoms with Crippen molar-refractivity contribution < 1.29 is 13.2 Å². The first-order valence-electron chi connectivity index (χ1n) is 3.89. The minimum absolute atomic E-state index is 0.243. The van der Waals surface area contributed by atoms with Crippen LogP contribution in [0, 0.1) is 0 Å². The molecule has 0 aliphatic rings. The van der Waals surface area contributed by atoms with E-state index in [0.29, 0.717) is 5.56 Å². The molecule has 76 valence electrons. The molecule has 0 saturated carbocycles. The Hall–Kier alpha value is -1.52. The lowest BCUT2D eigenvalue weighted by Gasteiger charge is -2.08. The van der Waals surface area contributed by atoms with E-state index >= 15 is 0 Å². The molecule has 0 aliphatic heterocycles. The maximum Gasteiger partial charge on any atom is 0.416 e. The third-order valence-electron chi connectivity index (χ3n) is 1.65. The molecule has 1 aromatic rings. The van der Waals surface area contributed by atoms with Crippen LogP contribution in [0.5, 0.6) is 0 Å². The van der Waals surface area contributed by atoms with E-state index in [9.17, 15) is 13.2 Å². The molecule has 0 bridgehead atoms. The second kappa shape index (κ2) is 4.13. The van der Waals surface area contributed by atoms with Gasteiger partial charge in [-0.3, -0.25) is 0 Å². The van der Waals surface area contributed by atoms with Crippen LogP contribution in [0.25, 0.3) is 0 Å². The van der Waals surface area contributed by atoms with Crippen LogP contribution in [0.3, 0.4) is 0 Å². The van der Waals surface area contributed by atoms with Crippen LogP contribution in [-0.2, 0) is 12.7 Å². The Morgan fingerprint density at radius 3 is 2.64 bits per heavy atom. The fraction of sp³-hybridized carbons (Fsp3) is 0.222. The summed E-state index contributed by atoms with van der Waals surface area (Å²) in [4.78, 5) is 0. The number of hydrogen-bond acceptors (Lipinski definition) is 2. The monoisotopic (exact) mass is 202 g/mol. The largest absolute Gasteiger partial charge is 0.416 e. The van der Waals surface area contributed by atoms with Gasteiger partial charge in [-0.15, -0.1) is 0 Å². The van der Waals surface area contributed by atoms with Crippen molar-refractivity contribution in [2.75, 3.05) is 0 Å². The predicted molar refractivity (Wildman–Crippen MR) is 47.8 cm³/mol. The summed E-state index contributed by atoms with van der Waals surface area (Å²) in [6.45, 7) is 3.41. The molecule has 0 spiro atoms. The summed E-state index contributed by atoms with van der Waals surface area (Å²) in [7, 11) is 0. The van der Waals surface area contributed by atoms with Gasteiger partial charge in [-0.25, -0.2) is 0 Å². The second-order valence-electron chi connectivity index (χ2n) is 2.69. The summed E-state index contributed by atoms with van der Waals surface area (Å²) >= 11 is 0. The Balaban J connectivity index is 2.84. The molecular formula is C9H9F3N2. The summed E-state index contributed by atoms with van der Waals surface area (Å²) in [6.07, 6.45) is -4.29. The first kappa shape index (κ1) is 10.6. The molecule has 0 unspecified atom stereocenters. The lowest BCUT2D eigenvalue weighted by Crippen LogP contribution is -2.08. The molecule has 0 saturated heterocycles. The van der Waals surface area contributed by atoms with Crippen molar-refractivity contribution in [3.8, 4) is 0 Å². The lowest BCUT2D eigenvalue weighted by molar-refractivity contribution is -0.137. The van der Waals surface area contributed by atoms with Crippen LogP contribution in [0.2, 0.25) is 0 Å². The third kappa shape index (κ3) is 2.76. The van der Waals surface area contributed by atoms with Crippen LogP contribution in [0.15, 0.2) is 29.4 Å². The highest BCUT2D eigenvalue weighted by molar-refractivity contribution is 5.26. The molecule has 0 atom stereocenters. The average molecular weight is 202 g/mol. The summed E-state index contributed by atoms with van der Waals surface area (Å²) < 4.78 is 36.7. The standard InChI is InChI=1S/C9H9F3N2/c1-13-14-6-7-3-2-4-8(5-7)9(10,11)12/h2-5,14H,1,6H2. The molecule has 0 aromatic heterocycles. The first-order valence-corrected chi connectivity index (χ1v) is 3.89. The van der Waals surface area contributed by atoms with Gasteiger partial charge in [0.2, 0.25) is 0 Å². The number of nitrogens with one attached hydrogen (secondary N) is 1. The molecule has 0 amide bonds. The Labute approximate surface area is 79.4 Å². The van der Waals surface area contributed by atoms with Crippen molar-refractivity contribution in [1.29, 1.82) is 0 Å². The molecule has 0 radical (unpaired) electrons. The van der Waals surface area contributed by atoms with E-state index in [4.69, 9.17) is 0 Å². The molecule has 2 nitrogen and oxygen atoms in total. The maximum absolute atomic E-state index is 12.2. The number of nitrogens with zero attached hydrogens (tertiary/aromatic N) is 1. The normalized spacial score (nSPS) is 11.1. The average Bonchev–Trinajstić information content (AvgIpc) is 2.14. The molecule has 0 heterocycles. The highest BCUT2D eigenvalue weighted by atomic mass is 19.4. The lowest BCUT2D eigenvalue weighted by atomic mass is 10.1. The molecule has 0 fully saturated rings. The topological polar surface area (TPSA) is 24.4 Å². The van der Waals surface area contributed by atoms with Crippen LogP contribution in [0.4, 0.5) is 13.2 Å². The Morgan fingerprint density at radius 2 is 2.07 bits per heavy atom. The summed E-state index contributed by atoms with van der Waals surface area (Å²) in [6, 6.07) is 5.07. The SMILES string of the molecule is C=NNCc1cccc(C(F)(F)F)c1. The van der Waals surface area contributed by atoms with Crippen molar-refractivity contribution >= 4 is 6.72 Å². The minimum atomic E-state index is -4.29. The molecule has 0 aliphatic carbocycles. The first-order chi connectivity index (χ1) is 6.54. The molecule has 1 N–H and O–H groups in total. The van der Waals surface area contributed by atoms with Crippen molar-refractivity contribution in [3.63, 3.8) is 0 Å². The zero-order valence-corrected chi connectivity index (χ0v) is 7.30. The molecular weight excluding hydrogens is 193 g/mol. The van der Waals surface area contributed by atoms with Gasteiger partial charge in [0.1, 0.15) is 0 Å². The second-order valence-corrected chi connectivity index (χ2v) is 2.69. The number of hydrogen-bond donors (Lipinski definition) is 1. The van der Waals surface area contributed by atoms with Gasteiger partial charge >= 0.3 is 6.18 Å². The van der Waals surface area contributed by atoms with Gasteiger partial charge in [0.05, 0.1) is 12.1 Å². The van der Waals surface area contributed by atoms with E-state index in [1.807, 2.05) is 0 Å². The van der Waals surface area contributed by atoms with E-state index in [1.54, 1.807) is 6.07 Å². The number of benzene rings is 1. The van der Waals surface area contributed by atoms with Crippen molar-refractivity contribution in [2.24, 2.45) is 5.10 Å². The highest BCUT2D eigenvalue weighted by Gasteiger charge is 2.30. The van der Waals surface area contributed by atoms with Crippen molar-refractivity contribution in [3.05, 3.63) is 35.4 Å². The van der Waals surface area contributed by atoms with Gasteiger partial charge in [-0.1, -0.05) is 12.1 Å². The minimum Gasteiger partial charge on any atom is -0.306 e. The van der Waals surface area contributed by atoms with Crippen LogP contribution in [0.1, 0.15) is 11.1 Å². The van der Waals surface area contributed by atoms with E-state index in [-0.39, 0.29) is 6.54 Å². The number of rotatable bonds is 3. The summed E-state index contributed by atoms with van der Waals surface area (Å²) in [5, 5.41) is 3.34. The van der Waals surface area contributed by atoms with E-state index in [1.165, 1.54) is 6.07 Å². The Kier molecular flexibility index (Phi) is 3.11.